The first-order valence-corrected chi connectivity index (χ1v) is 6.34. The Bertz CT molecular complexity index is 327. The van der Waals surface area contributed by atoms with Crippen LogP contribution < -0.4 is 0 Å². The molecule has 5 nitrogen and oxygen atoms in total. The summed E-state index contributed by atoms with van der Waals surface area (Å²) in [5.41, 5.74) is 0. The van der Waals surface area contributed by atoms with Crippen LogP contribution in [0.2, 0.25) is 0 Å². The van der Waals surface area contributed by atoms with Gasteiger partial charge in [0, 0.05) is 19.1 Å². The Kier molecular flexibility index (Phi) is 3.25. The van der Waals surface area contributed by atoms with Crippen molar-refractivity contribution in [3.8, 4) is 0 Å². The van der Waals surface area contributed by atoms with Crippen molar-refractivity contribution in [3.63, 3.8) is 0 Å². The van der Waals surface area contributed by atoms with Crippen molar-refractivity contribution < 1.29 is 22.7 Å². The second-order valence-electron chi connectivity index (χ2n) is 3.54. The average molecular weight is 220 g/mol. The minimum atomic E-state index is -3.02. The zero-order chi connectivity index (χ0) is 10.8. The number of carbonyl (C=O) groups excluding carboxylic acids is 2. The van der Waals surface area contributed by atoms with Gasteiger partial charge in [0.05, 0.1) is 5.75 Å². The molecule has 0 bridgehead atoms. The van der Waals surface area contributed by atoms with Crippen LogP contribution in [0.3, 0.4) is 0 Å². The fraction of sp³-hybridized carbons (Fsp3) is 0.750. The van der Waals surface area contributed by atoms with E-state index in [-0.39, 0.29) is 24.5 Å². The molecule has 1 saturated heterocycles. The lowest BCUT2D eigenvalue weighted by molar-refractivity contribution is -0.165. The zero-order valence-electron chi connectivity index (χ0n) is 7.86. The van der Waals surface area contributed by atoms with Crippen molar-refractivity contribution in [2.45, 2.75) is 19.3 Å². The molecule has 0 N–H and O–H groups in total. The third-order valence-corrected chi connectivity index (χ3v) is 3.01. The van der Waals surface area contributed by atoms with Crippen LogP contribution in [0, 0.1) is 5.92 Å². The van der Waals surface area contributed by atoms with Crippen molar-refractivity contribution in [3.05, 3.63) is 0 Å². The third kappa shape index (κ3) is 3.87. The van der Waals surface area contributed by atoms with Crippen LogP contribution in [0.15, 0.2) is 0 Å². The minimum absolute atomic E-state index is 0.0121. The molecule has 6 heteroatoms. The summed E-state index contributed by atoms with van der Waals surface area (Å²) >= 11 is 0. The van der Waals surface area contributed by atoms with Gasteiger partial charge in [0.15, 0.2) is 0 Å². The molecular formula is C8H12O5S. The van der Waals surface area contributed by atoms with Crippen molar-refractivity contribution in [2.24, 2.45) is 5.92 Å². The van der Waals surface area contributed by atoms with Gasteiger partial charge in [-0.3, -0.25) is 9.59 Å². The standard InChI is InChI=1S/C8H12O5S/c1-14(11,12)3-2-6-4-7(9)13-8(10)5-6/h6H,2-5H2,1H3. The predicted octanol–water partition coefficient (Wildman–Crippen LogP) is -0.0991. The monoisotopic (exact) mass is 220 g/mol. The number of cyclic esters (lactones) is 2. The number of carbonyl (C=O) groups is 2. The van der Waals surface area contributed by atoms with E-state index in [1.165, 1.54) is 0 Å². The molecule has 0 saturated carbocycles. The highest BCUT2D eigenvalue weighted by Crippen LogP contribution is 2.20. The number of ether oxygens (including phenoxy) is 1. The lowest BCUT2D eigenvalue weighted by atomic mass is 9.97. The number of hydrogen-bond donors (Lipinski definition) is 0. The van der Waals surface area contributed by atoms with E-state index in [4.69, 9.17) is 0 Å². The van der Waals surface area contributed by atoms with Gasteiger partial charge in [0.2, 0.25) is 0 Å². The molecule has 1 heterocycles. The van der Waals surface area contributed by atoms with Gasteiger partial charge >= 0.3 is 11.9 Å². The quantitative estimate of drug-likeness (QED) is 0.490. The van der Waals surface area contributed by atoms with E-state index in [9.17, 15) is 18.0 Å². The number of rotatable bonds is 3. The fourth-order valence-electron chi connectivity index (χ4n) is 1.34. The van der Waals surface area contributed by atoms with E-state index < -0.39 is 21.8 Å². The molecule has 1 aliphatic heterocycles. The molecule has 0 unspecified atom stereocenters. The van der Waals surface area contributed by atoms with Crippen LogP contribution >= 0.6 is 0 Å². The maximum Gasteiger partial charge on any atom is 0.313 e. The molecule has 0 radical (unpaired) electrons. The molecule has 0 amide bonds. The first-order chi connectivity index (χ1) is 6.37. The van der Waals surface area contributed by atoms with Gasteiger partial charge in [-0.15, -0.1) is 0 Å². The van der Waals surface area contributed by atoms with Crippen LogP contribution in [0.5, 0.6) is 0 Å². The van der Waals surface area contributed by atoms with E-state index in [2.05, 4.69) is 4.74 Å². The molecule has 0 aliphatic carbocycles. The van der Waals surface area contributed by atoms with Gasteiger partial charge in [-0.2, -0.15) is 0 Å². The number of sulfone groups is 1. The van der Waals surface area contributed by atoms with Crippen molar-refractivity contribution in [2.75, 3.05) is 12.0 Å². The molecule has 0 aromatic carbocycles. The minimum Gasteiger partial charge on any atom is -0.393 e. The highest BCUT2D eigenvalue weighted by atomic mass is 32.2. The van der Waals surface area contributed by atoms with Gasteiger partial charge in [-0.1, -0.05) is 0 Å². The van der Waals surface area contributed by atoms with Crippen LogP contribution in [-0.4, -0.2) is 32.4 Å². The highest BCUT2D eigenvalue weighted by Gasteiger charge is 2.27. The van der Waals surface area contributed by atoms with Gasteiger partial charge in [-0.25, -0.2) is 8.42 Å². The van der Waals surface area contributed by atoms with E-state index in [0.29, 0.717) is 6.42 Å². The van der Waals surface area contributed by atoms with Crippen LogP contribution in [0.1, 0.15) is 19.3 Å². The van der Waals surface area contributed by atoms with E-state index in [1.807, 2.05) is 0 Å². The summed E-state index contributed by atoms with van der Waals surface area (Å²) in [6, 6.07) is 0. The van der Waals surface area contributed by atoms with Crippen LogP contribution in [0.4, 0.5) is 0 Å². The highest BCUT2D eigenvalue weighted by molar-refractivity contribution is 7.90. The van der Waals surface area contributed by atoms with Crippen molar-refractivity contribution in [1.82, 2.24) is 0 Å². The summed E-state index contributed by atoms with van der Waals surface area (Å²) in [4.78, 5) is 21.6. The Hall–Kier alpha value is -0.910. The lowest BCUT2D eigenvalue weighted by Crippen LogP contribution is -2.26. The third-order valence-electron chi connectivity index (χ3n) is 2.04. The smallest absolute Gasteiger partial charge is 0.313 e. The fourth-order valence-corrected chi connectivity index (χ4v) is 2.10. The predicted molar refractivity (Wildman–Crippen MR) is 48.2 cm³/mol. The second kappa shape index (κ2) is 4.08. The Morgan fingerprint density at radius 1 is 1.29 bits per heavy atom. The molecule has 0 aromatic heterocycles. The molecule has 0 atom stereocenters. The molecule has 1 aliphatic rings. The van der Waals surface area contributed by atoms with Gasteiger partial charge < -0.3 is 4.74 Å². The Balaban J connectivity index is 2.45. The molecule has 1 fully saturated rings. The maximum absolute atomic E-state index is 10.8. The first kappa shape index (κ1) is 11.2. The summed E-state index contributed by atoms with van der Waals surface area (Å²) in [5.74, 6) is -1.28. The molecule has 14 heavy (non-hydrogen) atoms. The zero-order valence-corrected chi connectivity index (χ0v) is 8.67. The van der Waals surface area contributed by atoms with Crippen molar-refractivity contribution >= 4 is 21.8 Å². The van der Waals surface area contributed by atoms with Crippen molar-refractivity contribution in [1.29, 1.82) is 0 Å². The largest absolute Gasteiger partial charge is 0.393 e. The van der Waals surface area contributed by atoms with Crippen LogP contribution in [0.25, 0.3) is 0 Å². The van der Waals surface area contributed by atoms with Gasteiger partial charge in [0.1, 0.15) is 9.84 Å². The van der Waals surface area contributed by atoms with E-state index in [0.717, 1.165) is 6.26 Å². The number of esters is 2. The topological polar surface area (TPSA) is 77.5 Å². The molecule has 0 spiro atoms. The van der Waals surface area contributed by atoms with E-state index >= 15 is 0 Å². The summed E-state index contributed by atoms with van der Waals surface area (Å²) in [7, 11) is -3.02. The Morgan fingerprint density at radius 3 is 2.21 bits per heavy atom. The molecule has 0 aromatic rings. The molecule has 1 rings (SSSR count). The number of hydrogen-bond acceptors (Lipinski definition) is 5. The SMILES string of the molecule is CS(=O)(=O)CCC1CC(=O)OC(=O)C1. The second-order valence-corrected chi connectivity index (χ2v) is 5.80. The summed E-state index contributed by atoms with van der Waals surface area (Å²) < 4.78 is 26.0. The summed E-state index contributed by atoms with van der Waals surface area (Å²) in [6.45, 7) is 0. The van der Waals surface area contributed by atoms with E-state index in [1.54, 1.807) is 0 Å². The van der Waals surface area contributed by atoms with Gasteiger partial charge in [0.25, 0.3) is 0 Å². The Morgan fingerprint density at radius 2 is 1.79 bits per heavy atom. The molecular weight excluding hydrogens is 208 g/mol. The first-order valence-electron chi connectivity index (χ1n) is 4.28. The lowest BCUT2D eigenvalue weighted by Gasteiger charge is -2.18. The average Bonchev–Trinajstić information content (AvgIpc) is 1.97. The summed E-state index contributed by atoms with van der Waals surface area (Å²) in [5, 5.41) is 0. The van der Waals surface area contributed by atoms with Gasteiger partial charge in [-0.05, 0) is 12.3 Å². The normalized spacial score (nSPS) is 19.5. The summed E-state index contributed by atoms with van der Waals surface area (Å²) in [6.07, 6.45) is 1.76. The van der Waals surface area contributed by atoms with Crippen LogP contribution in [-0.2, 0) is 24.2 Å². The Labute approximate surface area is 82.4 Å². The maximum atomic E-state index is 10.8. The molecule has 80 valence electrons.